The molecule has 0 aliphatic carbocycles. The molecule has 2 atom stereocenters. The maximum atomic E-state index is 13.5. The number of anilines is 1. The molecular weight excluding hydrogens is 587 g/mol. The summed E-state index contributed by atoms with van der Waals surface area (Å²) in [4.78, 5) is 15.7. The number of nitrogens with zero attached hydrogens (tertiary/aromatic N) is 2. The predicted octanol–water partition coefficient (Wildman–Crippen LogP) is 7.99. The third-order valence-corrected chi connectivity index (χ3v) is 6.94. The van der Waals surface area contributed by atoms with Crippen LogP contribution < -0.4 is 14.4 Å². The molecule has 1 aliphatic rings. The summed E-state index contributed by atoms with van der Waals surface area (Å²) < 4.78 is 135. The molecule has 0 saturated carbocycles. The van der Waals surface area contributed by atoms with Gasteiger partial charge in [0.25, 0.3) is 0 Å². The molecule has 15 heteroatoms. The number of hydrogen-bond donors (Lipinski definition) is 0. The summed E-state index contributed by atoms with van der Waals surface area (Å²) in [6.07, 6.45) is -16.9. The maximum absolute atomic E-state index is 13.5. The number of carbonyl (C=O) groups excluding carboxylic acids is 1. The highest BCUT2D eigenvalue weighted by Gasteiger charge is 2.40. The zero-order valence-electron chi connectivity index (χ0n) is 23.0. The molecule has 0 aromatic heterocycles. The van der Waals surface area contributed by atoms with Gasteiger partial charge in [-0.2, -0.15) is 39.5 Å². The molecule has 2 aromatic rings. The highest BCUT2D eigenvalue weighted by molar-refractivity contribution is 5.71. The van der Waals surface area contributed by atoms with Crippen LogP contribution in [0.1, 0.15) is 54.5 Å². The first kappa shape index (κ1) is 33.0. The molecule has 1 amide bonds. The Hall–Kier alpha value is -3.52. The van der Waals surface area contributed by atoms with E-state index in [1.807, 2.05) is 0 Å². The fourth-order valence-corrected chi connectivity index (χ4v) is 5.03. The van der Waals surface area contributed by atoms with E-state index in [9.17, 15) is 44.3 Å². The smallest absolute Gasteiger partial charge is 0.416 e. The molecule has 0 unspecified atom stereocenters. The number of methoxy groups -OCH3 is 3. The van der Waals surface area contributed by atoms with Crippen molar-refractivity contribution >= 4 is 11.8 Å². The Labute approximate surface area is 235 Å². The van der Waals surface area contributed by atoms with Crippen LogP contribution in [0, 0.1) is 0 Å². The quantitative estimate of drug-likeness (QED) is 0.282. The lowest BCUT2D eigenvalue weighted by Crippen LogP contribution is -2.45. The largest absolute Gasteiger partial charge is 0.493 e. The van der Waals surface area contributed by atoms with Crippen LogP contribution in [0.5, 0.6) is 11.5 Å². The Morgan fingerprint density at radius 1 is 0.881 bits per heavy atom. The summed E-state index contributed by atoms with van der Waals surface area (Å²) in [5, 5.41) is 0. The number of benzene rings is 2. The van der Waals surface area contributed by atoms with Gasteiger partial charge in [0, 0.05) is 42.9 Å². The SMILES string of the molecule is COC(=O)N(Cc1cc(C(F)(F)F)cc(C(F)(F)F)c1)[C@@H]1C[C@H](C)N(CCCC(F)(F)F)c2cc(OC)c(OC)cc21. The van der Waals surface area contributed by atoms with E-state index in [0.29, 0.717) is 23.4 Å². The minimum Gasteiger partial charge on any atom is -0.493 e. The minimum atomic E-state index is -5.10. The second-order valence-corrected chi connectivity index (χ2v) is 9.79. The fourth-order valence-electron chi connectivity index (χ4n) is 5.03. The van der Waals surface area contributed by atoms with Gasteiger partial charge in [-0.15, -0.1) is 0 Å². The van der Waals surface area contributed by atoms with Gasteiger partial charge in [-0.3, -0.25) is 4.90 Å². The Morgan fingerprint density at radius 2 is 1.43 bits per heavy atom. The number of alkyl halides is 9. The van der Waals surface area contributed by atoms with Crippen molar-refractivity contribution in [2.45, 2.75) is 63.3 Å². The number of fused-ring (bicyclic) bond motifs is 1. The topological polar surface area (TPSA) is 51.2 Å². The molecule has 0 fully saturated rings. The third kappa shape index (κ3) is 7.65. The fraction of sp³-hybridized carbons (Fsp3) is 0.519. The number of amides is 1. The van der Waals surface area contributed by atoms with Gasteiger partial charge in [0.15, 0.2) is 11.5 Å². The van der Waals surface area contributed by atoms with Gasteiger partial charge < -0.3 is 19.1 Å². The third-order valence-electron chi connectivity index (χ3n) is 6.94. The standard InChI is InChI=1S/C27H29F9N2O4/c1-15-8-20(19-12-22(40-2)23(41-3)13-21(19)37(15)7-5-6-25(28,29)30)38(24(39)42-4)14-16-9-17(26(31,32)33)11-18(10-16)27(34,35)36/h9-13,15,20H,5-8,14H2,1-4H3/t15-,20+/m0/s1. The second-order valence-electron chi connectivity index (χ2n) is 9.79. The first-order valence-corrected chi connectivity index (χ1v) is 12.6. The van der Waals surface area contributed by atoms with Crippen molar-refractivity contribution in [3.8, 4) is 11.5 Å². The van der Waals surface area contributed by atoms with Crippen LogP contribution in [0.25, 0.3) is 0 Å². The van der Waals surface area contributed by atoms with E-state index in [-0.39, 0.29) is 37.0 Å². The molecule has 2 aromatic carbocycles. The van der Waals surface area contributed by atoms with Crippen LogP contribution in [0.15, 0.2) is 30.3 Å². The second kappa shape index (κ2) is 12.4. The van der Waals surface area contributed by atoms with Gasteiger partial charge in [0.2, 0.25) is 0 Å². The molecule has 42 heavy (non-hydrogen) atoms. The Morgan fingerprint density at radius 3 is 1.90 bits per heavy atom. The van der Waals surface area contributed by atoms with Crippen LogP contribution in [0.3, 0.4) is 0 Å². The molecule has 0 saturated heterocycles. The molecule has 0 N–H and O–H groups in total. The first-order chi connectivity index (χ1) is 19.4. The van der Waals surface area contributed by atoms with Crippen molar-refractivity contribution in [2.75, 3.05) is 32.8 Å². The average Bonchev–Trinajstić information content (AvgIpc) is 2.89. The normalized spacial score (nSPS) is 17.5. The van der Waals surface area contributed by atoms with Crippen LogP contribution >= 0.6 is 0 Å². The van der Waals surface area contributed by atoms with Crippen LogP contribution in [0.2, 0.25) is 0 Å². The zero-order chi connectivity index (χ0) is 31.6. The predicted molar refractivity (Wildman–Crippen MR) is 133 cm³/mol. The molecule has 1 aliphatic heterocycles. The molecule has 3 rings (SSSR count). The summed E-state index contributed by atoms with van der Waals surface area (Å²) in [6.45, 7) is 0.956. The maximum Gasteiger partial charge on any atom is 0.416 e. The molecule has 0 radical (unpaired) electrons. The van der Waals surface area contributed by atoms with Crippen LogP contribution in [0.4, 0.5) is 50.0 Å². The lowest BCUT2D eigenvalue weighted by atomic mass is 9.89. The molecular formula is C27H29F9N2O4. The van der Waals surface area contributed by atoms with Gasteiger partial charge in [-0.1, -0.05) is 0 Å². The molecule has 1 heterocycles. The number of rotatable bonds is 8. The van der Waals surface area contributed by atoms with Crippen LogP contribution in [-0.4, -0.2) is 51.1 Å². The van der Waals surface area contributed by atoms with Crippen molar-refractivity contribution < 1.29 is 58.5 Å². The van der Waals surface area contributed by atoms with E-state index in [0.717, 1.165) is 12.0 Å². The molecule has 234 valence electrons. The zero-order valence-corrected chi connectivity index (χ0v) is 23.0. The summed E-state index contributed by atoms with van der Waals surface area (Å²) in [6, 6.07) is 2.54. The molecule has 0 spiro atoms. The van der Waals surface area contributed by atoms with Crippen LogP contribution in [-0.2, 0) is 23.6 Å². The van der Waals surface area contributed by atoms with Gasteiger partial charge >= 0.3 is 24.6 Å². The van der Waals surface area contributed by atoms with E-state index in [1.165, 1.54) is 26.4 Å². The van der Waals surface area contributed by atoms with E-state index in [2.05, 4.69) is 0 Å². The number of hydrogen-bond acceptors (Lipinski definition) is 5. The molecule has 0 bridgehead atoms. The minimum absolute atomic E-state index is 0.0140. The van der Waals surface area contributed by atoms with E-state index in [4.69, 9.17) is 14.2 Å². The van der Waals surface area contributed by atoms with E-state index in [1.54, 1.807) is 11.8 Å². The monoisotopic (exact) mass is 616 g/mol. The summed E-state index contributed by atoms with van der Waals surface area (Å²) in [5.74, 6) is 0.413. The first-order valence-electron chi connectivity index (χ1n) is 12.6. The van der Waals surface area contributed by atoms with Crippen molar-refractivity contribution in [3.05, 3.63) is 52.6 Å². The number of ether oxygens (including phenoxy) is 3. The van der Waals surface area contributed by atoms with Gasteiger partial charge in [0.1, 0.15) is 0 Å². The van der Waals surface area contributed by atoms with Crippen molar-refractivity contribution in [2.24, 2.45) is 0 Å². The highest BCUT2D eigenvalue weighted by atomic mass is 19.4. The Bertz CT molecular complexity index is 1230. The van der Waals surface area contributed by atoms with E-state index >= 15 is 0 Å². The lowest BCUT2D eigenvalue weighted by Gasteiger charge is -2.44. The summed E-state index contributed by atoms with van der Waals surface area (Å²) in [5.41, 5.74) is -2.84. The lowest BCUT2D eigenvalue weighted by molar-refractivity contribution is -0.143. The van der Waals surface area contributed by atoms with Gasteiger partial charge in [-0.25, -0.2) is 4.79 Å². The number of carbonyl (C=O) groups is 1. The van der Waals surface area contributed by atoms with Gasteiger partial charge in [0.05, 0.1) is 38.5 Å². The summed E-state index contributed by atoms with van der Waals surface area (Å²) in [7, 11) is 3.67. The van der Waals surface area contributed by atoms with Crippen molar-refractivity contribution in [1.82, 2.24) is 4.90 Å². The average molecular weight is 617 g/mol. The number of halogens is 9. The highest BCUT2D eigenvalue weighted by Crippen LogP contribution is 2.47. The summed E-state index contributed by atoms with van der Waals surface area (Å²) >= 11 is 0. The Kier molecular flexibility index (Phi) is 9.72. The van der Waals surface area contributed by atoms with Gasteiger partial charge in [-0.05, 0) is 49.6 Å². The molecule has 6 nitrogen and oxygen atoms in total. The van der Waals surface area contributed by atoms with E-state index < -0.39 is 66.4 Å². The van der Waals surface area contributed by atoms with Crippen molar-refractivity contribution in [3.63, 3.8) is 0 Å². The van der Waals surface area contributed by atoms with Crippen molar-refractivity contribution in [1.29, 1.82) is 0 Å². The Balaban J connectivity index is 2.14.